The van der Waals surface area contributed by atoms with Gasteiger partial charge in [-0.1, -0.05) is 0 Å². The average Bonchev–Trinajstić information content (AvgIpc) is 3.27. The van der Waals surface area contributed by atoms with E-state index in [-0.39, 0.29) is 30.2 Å². The lowest BCUT2D eigenvalue weighted by Gasteiger charge is -2.30. The van der Waals surface area contributed by atoms with Crippen LogP contribution in [0.1, 0.15) is 42.9 Å². The second-order valence-electron chi connectivity index (χ2n) is 7.90. The molecule has 0 aliphatic carbocycles. The zero-order valence-corrected chi connectivity index (χ0v) is 18.0. The van der Waals surface area contributed by atoms with Crippen molar-refractivity contribution in [3.63, 3.8) is 0 Å². The number of rotatable bonds is 5. The number of likely N-dealkylation sites (tertiary alicyclic amines) is 1. The molecule has 0 radical (unpaired) electrons. The van der Waals surface area contributed by atoms with Gasteiger partial charge in [0, 0.05) is 45.1 Å². The Balaban J connectivity index is 1.51. The number of nitrogens with zero attached hydrogens (tertiary/aromatic N) is 4. The molecule has 32 heavy (non-hydrogen) atoms. The van der Waals surface area contributed by atoms with Crippen LogP contribution in [0.3, 0.4) is 0 Å². The third-order valence-corrected chi connectivity index (χ3v) is 5.88. The molecular weight excluding hydrogens is 420 g/mol. The van der Waals surface area contributed by atoms with Crippen molar-refractivity contribution in [2.24, 2.45) is 0 Å². The van der Waals surface area contributed by atoms with Crippen molar-refractivity contribution in [1.29, 1.82) is 0 Å². The Morgan fingerprint density at radius 2 is 2.06 bits per heavy atom. The number of amides is 2. The van der Waals surface area contributed by atoms with Gasteiger partial charge in [0.15, 0.2) is 24.0 Å². The number of benzene rings is 1. The van der Waals surface area contributed by atoms with E-state index in [9.17, 15) is 18.4 Å². The summed E-state index contributed by atoms with van der Waals surface area (Å²) >= 11 is 0. The summed E-state index contributed by atoms with van der Waals surface area (Å²) in [5.41, 5.74) is 1.77. The van der Waals surface area contributed by atoms with Gasteiger partial charge in [-0.15, -0.1) is 0 Å². The van der Waals surface area contributed by atoms with Crippen LogP contribution >= 0.6 is 0 Å². The summed E-state index contributed by atoms with van der Waals surface area (Å²) in [6, 6.07) is 2.64. The molecule has 3 heterocycles. The maximum Gasteiger partial charge on any atom is 0.261 e. The van der Waals surface area contributed by atoms with Gasteiger partial charge in [0.05, 0.1) is 18.3 Å². The van der Waals surface area contributed by atoms with Gasteiger partial charge in [0.1, 0.15) is 11.6 Å². The van der Waals surface area contributed by atoms with E-state index in [4.69, 9.17) is 9.72 Å². The zero-order valence-electron chi connectivity index (χ0n) is 18.0. The summed E-state index contributed by atoms with van der Waals surface area (Å²) < 4.78 is 32.2. The number of nitrogens with one attached hydrogen (secondary N) is 1. The van der Waals surface area contributed by atoms with Crippen LogP contribution in [0.4, 0.5) is 14.6 Å². The van der Waals surface area contributed by atoms with Crippen LogP contribution in [0.15, 0.2) is 18.2 Å². The van der Waals surface area contributed by atoms with Gasteiger partial charge < -0.3 is 19.9 Å². The summed E-state index contributed by atoms with van der Waals surface area (Å²) in [5.74, 6) is -0.849. The summed E-state index contributed by atoms with van der Waals surface area (Å²) in [7, 11) is 1.77. The number of carbonyl (C=O) groups excluding carboxylic acids is 2. The van der Waals surface area contributed by atoms with Crippen LogP contribution in [-0.4, -0.2) is 58.3 Å². The molecule has 0 spiro atoms. The summed E-state index contributed by atoms with van der Waals surface area (Å²) in [5, 5.41) is 3.09. The molecule has 2 aliphatic heterocycles. The average molecular weight is 445 g/mol. The number of halogens is 2. The SMILES string of the molecule is CNc1nc(C2CCCN2C(=O)COc2ccc(F)cc2F)nc2c1CN(C(C)=O)CC2. The largest absolute Gasteiger partial charge is 0.481 e. The second-order valence-corrected chi connectivity index (χ2v) is 7.90. The number of ether oxygens (including phenoxy) is 1. The third-order valence-electron chi connectivity index (χ3n) is 5.88. The zero-order chi connectivity index (χ0) is 22.8. The lowest BCUT2D eigenvalue weighted by atomic mass is 10.0. The quantitative estimate of drug-likeness (QED) is 0.761. The highest BCUT2D eigenvalue weighted by Gasteiger charge is 2.34. The van der Waals surface area contributed by atoms with E-state index >= 15 is 0 Å². The minimum atomic E-state index is -0.855. The van der Waals surface area contributed by atoms with Crippen LogP contribution in [0.2, 0.25) is 0 Å². The Kier molecular flexibility index (Phi) is 6.20. The van der Waals surface area contributed by atoms with E-state index in [2.05, 4.69) is 10.3 Å². The molecular formula is C22H25F2N5O3. The van der Waals surface area contributed by atoms with Gasteiger partial charge in [0.25, 0.3) is 5.91 Å². The molecule has 0 bridgehead atoms. The first-order valence-electron chi connectivity index (χ1n) is 10.6. The Bertz CT molecular complexity index is 1030. The molecule has 1 aromatic carbocycles. The molecule has 10 heteroatoms. The van der Waals surface area contributed by atoms with E-state index in [0.717, 1.165) is 29.8 Å². The van der Waals surface area contributed by atoms with Crippen LogP contribution in [0, 0.1) is 11.6 Å². The Morgan fingerprint density at radius 3 is 2.78 bits per heavy atom. The minimum Gasteiger partial charge on any atom is -0.481 e. The molecule has 1 saturated heterocycles. The van der Waals surface area contributed by atoms with Gasteiger partial charge in [-0.05, 0) is 25.0 Å². The number of anilines is 1. The van der Waals surface area contributed by atoms with Gasteiger partial charge in [-0.25, -0.2) is 18.7 Å². The molecule has 2 aliphatic rings. The highest BCUT2D eigenvalue weighted by atomic mass is 19.1. The topological polar surface area (TPSA) is 87.7 Å². The third kappa shape index (κ3) is 4.35. The van der Waals surface area contributed by atoms with Gasteiger partial charge in [-0.2, -0.15) is 0 Å². The van der Waals surface area contributed by atoms with E-state index < -0.39 is 11.6 Å². The van der Waals surface area contributed by atoms with Gasteiger partial charge in [-0.3, -0.25) is 9.59 Å². The predicted molar refractivity (Wildman–Crippen MR) is 112 cm³/mol. The Labute approximate surface area is 184 Å². The molecule has 1 N–H and O–H groups in total. The molecule has 0 saturated carbocycles. The summed E-state index contributed by atoms with van der Waals surface area (Å²) in [6.45, 7) is 2.74. The van der Waals surface area contributed by atoms with Crippen molar-refractivity contribution < 1.29 is 23.1 Å². The summed E-state index contributed by atoms with van der Waals surface area (Å²) in [6.07, 6.45) is 2.11. The molecule has 8 nitrogen and oxygen atoms in total. The first-order valence-corrected chi connectivity index (χ1v) is 10.6. The van der Waals surface area contributed by atoms with Crippen molar-refractivity contribution in [3.05, 3.63) is 46.9 Å². The second kappa shape index (κ2) is 9.05. The van der Waals surface area contributed by atoms with E-state index in [1.807, 2.05) is 0 Å². The van der Waals surface area contributed by atoms with Crippen LogP contribution < -0.4 is 10.1 Å². The lowest BCUT2D eigenvalue weighted by Crippen LogP contribution is -2.37. The van der Waals surface area contributed by atoms with E-state index in [1.165, 1.54) is 0 Å². The Hall–Kier alpha value is -3.30. The van der Waals surface area contributed by atoms with Crippen molar-refractivity contribution in [3.8, 4) is 5.75 Å². The fourth-order valence-corrected chi connectivity index (χ4v) is 4.21. The minimum absolute atomic E-state index is 0.00642. The molecule has 1 fully saturated rings. The van der Waals surface area contributed by atoms with E-state index in [1.54, 1.807) is 23.8 Å². The lowest BCUT2D eigenvalue weighted by molar-refractivity contribution is -0.134. The monoisotopic (exact) mass is 445 g/mol. The Morgan fingerprint density at radius 1 is 1.25 bits per heavy atom. The first-order chi connectivity index (χ1) is 15.4. The molecule has 2 aromatic rings. The van der Waals surface area contributed by atoms with Crippen LogP contribution in [-0.2, 0) is 22.6 Å². The highest BCUT2D eigenvalue weighted by molar-refractivity contribution is 5.78. The fourth-order valence-electron chi connectivity index (χ4n) is 4.21. The normalized spacial score (nSPS) is 17.8. The maximum atomic E-state index is 13.8. The van der Waals surface area contributed by atoms with Crippen molar-refractivity contribution in [2.75, 3.05) is 32.1 Å². The number of hydrogen-bond donors (Lipinski definition) is 1. The summed E-state index contributed by atoms with van der Waals surface area (Å²) in [4.78, 5) is 37.4. The van der Waals surface area contributed by atoms with Gasteiger partial charge in [0.2, 0.25) is 5.91 Å². The molecule has 1 atom stereocenters. The molecule has 4 rings (SSSR count). The maximum absolute atomic E-state index is 13.8. The molecule has 1 aromatic heterocycles. The first kappa shape index (κ1) is 21.9. The predicted octanol–water partition coefficient (Wildman–Crippen LogP) is 2.44. The van der Waals surface area contributed by atoms with Crippen LogP contribution in [0.25, 0.3) is 0 Å². The fraction of sp³-hybridized carbons (Fsp3) is 0.455. The van der Waals surface area contributed by atoms with E-state index in [0.29, 0.717) is 50.2 Å². The number of fused-ring (bicyclic) bond motifs is 1. The highest BCUT2D eigenvalue weighted by Crippen LogP contribution is 2.33. The molecule has 170 valence electrons. The van der Waals surface area contributed by atoms with Crippen molar-refractivity contribution in [1.82, 2.24) is 19.8 Å². The number of carbonyl (C=O) groups is 2. The van der Waals surface area contributed by atoms with Gasteiger partial charge >= 0.3 is 0 Å². The van der Waals surface area contributed by atoms with Crippen molar-refractivity contribution in [2.45, 2.75) is 38.8 Å². The molecule has 1 unspecified atom stereocenters. The number of aromatic nitrogens is 2. The van der Waals surface area contributed by atoms with Crippen molar-refractivity contribution >= 4 is 17.6 Å². The molecule has 2 amide bonds. The standard InChI is InChI=1S/C22H25F2N5O3/c1-13(30)28-9-7-17-15(11-28)21(25-2)27-22(26-17)18-4-3-8-29(18)20(31)12-32-19-6-5-14(23)10-16(19)24/h5-6,10,18H,3-4,7-9,11-12H2,1-2H3,(H,25,26,27). The smallest absolute Gasteiger partial charge is 0.261 e. The van der Waals surface area contributed by atoms with Crippen LogP contribution in [0.5, 0.6) is 5.75 Å². The number of hydrogen-bond acceptors (Lipinski definition) is 6.